The van der Waals surface area contributed by atoms with Crippen LogP contribution in [0.3, 0.4) is 0 Å². The molecular formula is C13H16BrNO3. The van der Waals surface area contributed by atoms with Crippen molar-refractivity contribution in [2.24, 2.45) is 5.92 Å². The Morgan fingerprint density at radius 1 is 1.44 bits per heavy atom. The van der Waals surface area contributed by atoms with Crippen LogP contribution >= 0.6 is 15.9 Å². The number of carbonyl (C=O) groups is 1. The highest BCUT2D eigenvalue weighted by Gasteiger charge is 2.37. The van der Waals surface area contributed by atoms with Crippen LogP contribution in [-0.2, 0) is 9.53 Å². The zero-order valence-electron chi connectivity index (χ0n) is 10.4. The van der Waals surface area contributed by atoms with E-state index >= 15 is 0 Å². The van der Waals surface area contributed by atoms with Crippen LogP contribution in [0.4, 0.5) is 5.69 Å². The van der Waals surface area contributed by atoms with Crippen LogP contribution in [0.25, 0.3) is 0 Å². The molecule has 5 heteroatoms. The van der Waals surface area contributed by atoms with Gasteiger partial charge in [-0.15, -0.1) is 0 Å². The Labute approximate surface area is 115 Å². The minimum absolute atomic E-state index is 0.209. The van der Waals surface area contributed by atoms with Gasteiger partial charge in [0.1, 0.15) is 11.8 Å². The highest BCUT2D eigenvalue weighted by Crippen LogP contribution is 2.36. The molecule has 1 unspecified atom stereocenters. The fraction of sp³-hybridized carbons (Fsp3) is 0.462. The summed E-state index contributed by atoms with van der Waals surface area (Å²) in [4.78, 5) is 11.7. The second kappa shape index (κ2) is 5.61. The van der Waals surface area contributed by atoms with Gasteiger partial charge in [-0.3, -0.25) is 0 Å². The summed E-state index contributed by atoms with van der Waals surface area (Å²) in [5.74, 6) is 0.908. The van der Waals surface area contributed by atoms with Gasteiger partial charge < -0.3 is 14.8 Å². The zero-order valence-corrected chi connectivity index (χ0v) is 12.0. The van der Waals surface area contributed by atoms with Gasteiger partial charge in [0.05, 0.1) is 18.7 Å². The summed E-state index contributed by atoms with van der Waals surface area (Å²) in [7, 11) is 3.03. The Bertz CT molecular complexity index is 446. The van der Waals surface area contributed by atoms with Crippen LogP contribution in [0.2, 0.25) is 0 Å². The van der Waals surface area contributed by atoms with E-state index in [1.54, 1.807) is 7.11 Å². The SMILES string of the molecule is COC(=O)C(Nc1ccc(Br)c(OC)c1)C1CC1. The van der Waals surface area contributed by atoms with Crippen molar-refractivity contribution in [2.75, 3.05) is 19.5 Å². The van der Waals surface area contributed by atoms with Crippen LogP contribution in [-0.4, -0.2) is 26.2 Å². The fourth-order valence-electron chi connectivity index (χ4n) is 1.85. The average Bonchev–Trinajstić information content (AvgIpc) is 3.21. The molecule has 0 aromatic heterocycles. The lowest BCUT2D eigenvalue weighted by molar-refractivity contribution is -0.142. The summed E-state index contributed by atoms with van der Waals surface area (Å²) in [5, 5.41) is 3.22. The minimum Gasteiger partial charge on any atom is -0.495 e. The molecule has 2 rings (SSSR count). The molecule has 1 fully saturated rings. The Morgan fingerprint density at radius 2 is 2.17 bits per heavy atom. The van der Waals surface area contributed by atoms with E-state index in [1.165, 1.54) is 7.11 Å². The van der Waals surface area contributed by atoms with Gasteiger partial charge in [0.2, 0.25) is 0 Å². The first-order valence-corrected chi connectivity index (χ1v) is 6.63. The lowest BCUT2D eigenvalue weighted by Crippen LogP contribution is -2.32. The van der Waals surface area contributed by atoms with Gasteiger partial charge >= 0.3 is 5.97 Å². The highest BCUT2D eigenvalue weighted by molar-refractivity contribution is 9.10. The number of hydrogen-bond acceptors (Lipinski definition) is 4. The van der Waals surface area contributed by atoms with Crippen LogP contribution in [0.5, 0.6) is 5.75 Å². The molecule has 18 heavy (non-hydrogen) atoms. The monoisotopic (exact) mass is 313 g/mol. The first kappa shape index (κ1) is 13.2. The first-order chi connectivity index (χ1) is 8.65. The quantitative estimate of drug-likeness (QED) is 0.849. The van der Waals surface area contributed by atoms with E-state index in [0.29, 0.717) is 5.92 Å². The first-order valence-electron chi connectivity index (χ1n) is 5.83. The third kappa shape index (κ3) is 2.96. The van der Waals surface area contributed by atoms with Crippen LogP contribution in [0.15, 0.2) is 22.7 Å². The molecule has 0 heterocycles. The van der Waals surface area contributed by atoms with Crippen molar-refractivity contribution in [3.05, 3.63) is 22.7 Å². The topological polar surface area (TPSA) is 47.6 Å². The van der Waals surface area contributed by atoms with Gasteiger partial charge in [0.25, 0.3) is 0 Å². The number of rotatable bonds is 5. The molecule has 1 aromatic carbocycles. The zero-order chi connectivity index (χ0) is 13.1. The molecule has 0 saturated heterocycles. The van der Waals surface area contributed by atoms with Gasteiger partial charge in [-0.25, -0.2) is 4.79 Å². The molecule has 4 nitrogen and oxygen atoms in total. The van der Waals surface area contributed by atoms with E-state index in [0.717, 1.165) is 28.8 Å². The molecule has 1 aromatic rings. The van der Waals surface area contributed by atoms with Crippen LogP contribution in [0.1, 0.15) is 12.8 Å². The number of esters is 1. The van der Waals surface area contributed by atoms with Gasteiger partial charge in [-0.1, -0.05) is 0 Å². The summed E-state index contributed by atoms with van der Waals surface area (Å²) in [6.45, 7) is 0. The molecule has 1 atom stereocenters. The standard InChI is InChI=1S/C13H16BrNO3/c1-17-11-7-9(5-6-10(11)14)15-12(8-3-4-8)13(16)18-2/h5-8,12,15H,3-4H2,1-2H3. The van der Waals surface area contributed by atoms with Crippen molar-refractivity contribution < 1.29 is 14.3 Å². The number of nitrogens with one attached hydrogen (secondary N) is 1. The number of benzene rings is 1. The predicted molar refractivity (Wildman–Crippen MR) is 72.8 cm³/mol. The van der Waals surface area contributed by atoms with E-state index in [4.69, 9.17) is 9.47 Å². The molecular weight excluding hydrogens is 298 g/mol. The minimum atomic E-state index is -0.263. The Hall–Kier alpha value is -1.23. The Morgan fingerprint density at radius 3 is 2.72 bits per heavy atom. The fourth-order valence-corrected chi connectivity index (χ4v) is 2.26. The van der Waals surface area contributed by atoms with Crippen molar-refractivity contribution in [2.45, 2.75) is 18.9 Å². The maximum atomic E-state index is 11.7. The number of ether oxygens (including phenoxy) is 2. The van der Waals surface area contributed by atoms with E-state index in [2.05, 4.69) is 21.2 Å². The lowest BCUT2D eigenvalue weighted by Gasteiger charge is -2.17. The van der Waals surface area contributed by atoms with Crippen molar-refractivity contribution >= 4 is 27.6 Å². The second-order valence-corrected chi connectivity index (χ2v) is 5.19. The molecule has 1 N–H and O–H groups in total. The molecule has 1 saturated carbocycles. The van der Waals surface area contributed by atoms with Crippen molar-refractivity contribution in [1.29, 1.82) is 0 Å². The van der Waals surface area contributed by atoms with Crippen molar-refractivity contribution in [3.63, 3.8) is 0 Å². The number of hydrogen-bond donors (Lipinski definition) is 1. The molecule has 98 valence electrons. The highest BCUT2D eigenvalue weighted by atomic mass is 79.9. The summed E-state index contributed by atoms with van der Waals surface area (Å²) in [6, 6.07) is 5.40. The number of anilines is 1. The number of carbonyl (C=O) groups excluding carboxylic acids is 1. The predicted octanol–water partition coefficient (Wildman–Crippen LogP) is 2.82. The Balaban J connectivity index is 2.13. The maximum Gasteiger partial charge on any atom is 0.328 e. The summed E-state index contributed by atoms with van der Waals surface area (Å²) in [6.07, 6.45) is 2.14. The molecule has 0 spiro atoms. The average molecular weight is 314 g/mol. The lowest BCUT2D eigenvalue weighted by atomic mass is 10.1. The summed E-state index contributed by atoms with van der Waals surface area (Å²) < 4.78 is 10.9. The van der Waals surface area contributed by atoms with Crippen LogP contribution < -0.4 is 10.1 Å². The van der Waals surface area contributed by atoms with Crippen LogP contribution in [0, 0.1) is 5.92 Å². The maximum absolute atomic E-state index is 11.7. The number of halogens is 1. The van der Waals surface area contributed by atoms with E-state index < -0.39 is 0 Å². The largest absolute Gasteiger partial charge is 0.495 e. The molecule has 0 amide bonds. The van der Waals surface area contributed by atoms with Crippen molar-refractivity contribution in [1.82, 2.24) is 0 Å². The summed E-state index contributed by atoms with van der Waals surface area (Å²) in [5.41, 5.74) is 0.859. The second-order valence-electron chi connectivity index (χ2n) is 4.33. The molecule has 1 aliphatic rings. The third-order valence-corrected chi connectivity index (χ3v) is 3.68. The normalized spacial score (nSPS) is 15.9. The molecule has 0 aliphatic heterocycles. The Kier molecular flexibility index (Phi) is 4.11. The van der Waals surface area contributed by atoms with E-state index in [1.807, 2.05) is 18.2 Å². The van der Waals surface area contributed by atoms with Gasteiger partial charge in [-0.2, -0.15) is 0 Å². The number of methoxy groups -OCH3 is 2. The smallest absolute Gasteiger partial charge is 0.328 e. The van der Waals surface area contributed by atoms with E-state index in [-0.39, 0.29) is 12.0 Å². The van der Waals surface area contributed by atoms with Gasteiger partial charge in [0.15, 0.2) is 0 Å². The van der Waals surface area contributed by atoms with Crippen molar-refractivity contribution in [3.8, 4) is 5.75 Å². The molecule has 0 bridgehead atoms. The molecule has 1 aliphatic carbocycles. The summed E-state index contributed by atoms with van der Waals surface area (Å²) >= 11 is 3.40. The molecule has 0 radical (unpaired) electrons. The van der Waals surface area contributed by atoms with Gasteiger partial charge in [-0.05, 0) is 46.8 Å². The van der Waals surface area contributed by atoms with E-state index in [9.17, 15) is 4.79 Å². The van der Waals surface area contributed by atoms with Gasteiger partial charge in [0, 0.05) is 11.8 Å². The third-order valence-electron chi connectivity index (χ3n) is 3.02.